The van der Waals surface area contributed by atoms with E-state index in [-0.39, 0.29) is 18.0 Å². The van der Waals surface area contributed by atoms with E-state index in [1.807, 2.05) is 39.8 Å². The fraction of sp³-hybridized carbons (Fsp3) is 0.667. The van der Waals surface area contributed by atoms with Crippen molar-refractivity contribution < 1.29 is 17.7 Å². The second-order valence-corrected chi connectivity index (χ2v) is 9.15. The normalized spacial score (nSPS) is 12.3. The third kappa shape index (κ3) is 8.06. The number of hydrogen-bond acceptors (Lipinski definition) is 3. The summed E-state index contributed by atoms with van der Waals surface area (Å²) in [5.41, 5.74) is 1.18. The summed E-state index contributed by atoms with van der Waals surface area (Å²) in [5.74, 6) is -0.179. The Bertz CT molecular complexity index is 424. The van der Waals surface area contributed by atoms with Gasteiger partial charge in [0.2, 0.25) is 0 Å². The zero-order chi connectivity index (χ0) is 17.3. The lowest BCUT2D eigenvalue weighted by molar-refractivity contribution is 0.0323. The Morgan fingerprint density at radius 2 is 1.48 bits per heavy atom. The molecule has 23 heavy (non-hydrogen) atoms. The summed E-state index contributed by atoms with van der Waals surface area (Å²) in [7, 11) is -0.892. The zero-order valence-electron chi connectivity index (χ0n) is 15.1. The lowest BCUT2D eigenvalue weighted by Crippen LogP contribution is -2.48. The second kappa shape index (κ2) is 10.2. The zero-order valence-corrected chi connectivity index (χ0v) is 16.1. The van der Waals surface area contributed by atoms with Crippen LogP contribution in [0.4, 0.5) is 4.39 Å². The van der Waals surface area contributed by atoms with Crippen LogP contribution in [0.2, 0.25) is 6.04 Å². The maximum atomic E-state index is 12.9. The number of unbranched alkanes of at least 4 members (excludes halogenated alkanes) is 2. The molecule has 0 saturated carbocycles. The molecular weight excluding hydrogens is 311 g/mol. The highest BCUT2D eigenvalue weighted by Gasteiger charge is 2.41. The van der Waals surface area contributed by atoms with Gasteiger partial charge in [-0.2, -0.15) is 0 Å². The lowest BCUT2D eigenvalue weighted by Gasteiger charge is -2.31. The Balaban J connectivity index is 2.40. The predicted molar refractivity (Wildman–Crippen MR) is 94.0 cm³/mol. The monoisotopic (exact) mass is 342 g/mol. The van der Waals surface area contributed by atoms with Crippen LogP contribution in [0.1, 0.15) is 52.5 Å². The molecule has 0 heterocycles. The van der Waals surface area contributed by atoms with E-state index in [2.05, 4.69) is 0 Å². The highest BCUT2D eigenvalue weighted by Crippen LogP contribution is 2.23. The predicted octanol–water partition coefficient (Wildman–Crippen LogP) is 4.97. The van der Waals surface area contributed by atoms with Gasteiger partial charge in [0, 0.05) is 25.4 Å². The SMILES string of the molecule is CO[Si](CCCCCc1ccc(F)cc1)(OC(C)C)OC(C)C. The molecule has 1 aromatic rings. The van der Waals surface area contributed by atoms with Crippen LogP contribution >= 0.6 is 0 Å². The van der Waals surface area contributed by atoms with E-state index in [0.29, 0.717) is 0 Å². The molecule has 0 spiro atoms. The van der Waals surface area contributed by atoms with Crippen molar-refractivity contribution in [2.45, 2.75) is 71.6 Å². The molecule has 0 aromatic heterocycles. The number of halogens is 1. The van der Waals surface area contributed by atoms with Crippen LogP contribution in [0.15, 0.2) is 24.3 Å². The maximum absolute atomic E-state index is 12.9. The van der Waals surface area contributed by atoms with E-state index in [4.69, 9.17) is 13.3 Å². The number of benzene rings is 1. The summed E-state index contributed by atoms with van der Waals surface area (Å²) >= 11 is 0. The summed E-state index contributed by atoms with van der Waals surface area (Å²) in [6.07, 6.45) is 4.33. The van der Waals surface area contributed by atoms with E-state index in [1.54, 1.807) is 7.11 Å². The van der Waals surface area contributed by atoms with Crippen molar-refractivity contribution in [3.05, 3.63) is 35.6 Å². The van der Waals surface area contributed by atoms with Gasteiger partial charge in [0.25, 0.3) is 0 Å². The molecular formula is C18H31FO3Si. The van der Waals surface area contributed by atoms with Crippen molar-refractivity contribution in [2.24, 2.45) is 0 Å². The van der Waals surface area contributed by atoms with Gasteiger partial charge >= 0.3 is 8.80 Å². The van der Waals surface area contributed by atoms with Gasteiger partial charge in [0.15, 0.2) is 0 Å². The third-order valence-corrected chi connectivity index (χ3v) is 6.75. The van der Waals surface area contributed by atoms with Gasteiger partial charge in [0.1, 0.15) is 5.82 Å². The third-order valence-electron chi connectivity index (χ3n) is 3.50. The summed E-state index contributed by atoms with van der Waals surface area (Å²) in [5, 5.41) is 0. The van der Waals surface area contributed by atoms with Gasteiger partial charge in [-0.05, 0) is 64.7 Å². The Kier molecular flexibility index (Phi) is 8.98. The molecule has 0 aliphatic carbocycles. The minimum atomic E-state index is -2.58. The Morgan fingerprint density at radius 3 is 1.96 bits per heavy atom. The summed E-state index contributed by atoms with van der Waals surface area (Å²) in [4.78, 5) is 0. The molecule has 0 radical (unpaired) electrons. The van der Waals surface area contributed by atoms with Crippen LogP contribution < -0.4 is 0 Å². The molecule has 1 aromatic carbocycles. The van der Waals surface area contributed by atoms with E-state index in [1.165, 1.54) is 17.7 Å². The average Bonchev–Trinajstić information content (AvgIpc) is 2.47. The molecule has 0 atom stereocenters. The van der Waals surface area contributed by atoms with Crippen LogP contribution in [0.3, 0.4) is 0 Å². The van der Waals surface area contributed by atoms with Crippen molar-refractivity contribution in [2.75, 3.05) is 7.11 Å². The molecule has 5 heteroatoms. The molecule has 0 fully saturated rings. The summed E-state index contributed by atoms with van der Waals surface area (Å²) < 4.78 is 30.6. The average molecular weight is 343 g/mol. The number of rotatable bonds is 11. The van der Waals surface area contributed by atoms with Crippen molar-refractivity contribution in [3.63, 3.8) is 0 Å². The minimum Gasteiger partial charge on any atom is -0.377 e. The van der Waals surface area contributed by atoms with Crippen molar-refractivity contribution in [1.82, 2.24) is 0 Å². The fourth-order valence-electron chi connectivity index (χ4n) is 2.56. The molecule has 0 N–H and O–H groups in total. The highest BCUT2D eigenvalue weighted by atomic mass is 28.4. The van der Waals surface area contributed by atoms with E-state index in [0.717, 1.165) is 31.7 Å². The smallest absolute Gasteiger partial charge is 0.377 e. The summed E-state index contributed by atoms with van der Waals surface area (Å²) in [6.45, 7) is 8.05. The fourth-order valence-corrected chi connectivity index (χ4v) is 5.37. The molecule has 0 saturated heterocycles. The molecule has 0 aliphatic rings. The van der Waals surface area contributed by atoms with Crippen LogP contribution in [0.25, 0.3) is 0 Å². The van der Waals surface area contributed by atoms with Crippen LogP contribution in [-0.4, -0.2) is 28.1 Å². The number of aryl methyl sites for hydroxylation is 1. The van der Waals surface area contributed by atoms with E-state index < -0.39 is 8.80 Å². The Labute approximate surface area is 141 Å². The van der Waals surface area contributed by atoms with Crippen LogP contribution in [-0.2, 0) is 19.7 Å². The first-order valence-corrected chi connectivity index (χ1v) is 10.5. The standard InChI is InChI=1S/C18H31FO3Si/c1-15(2)21-23(20-5,22-16(3)4)14-8-6-7-9-17-10-12-18(19)13-11-17/h10-13,15-16H,6-9,14H2,1-5H3. The second-order valence-electron chi connectivity index (χ2n) is 6.41. The van der Waals surface area contributed by atoms with Gasteiger partial charge in [-0.15, -0.1) is 0 Å². The number of hydrogen-bond donors (Lipinski definition) is 0. The molecule has 3 nitrogen and oxygen atoms in total. The largest absolute Gasteiger partial charge is 0.501 e. The minimum absolute atomic E-state index is 0.0968. The van der Waals surface area contributed by atoms with E-state index in [9.17, 15) is 4.39 Å². The molecule has 132 valence electrons. The quantitative estimate of drug-likeness (QED) is 0.419. The highest BCUT2D eigenvalue weighted by molar-refractivity contribution is 6.60. The van der Waals surface area contributed by atoms with Gasteiger partial charge in [-0.1, -0.05) is 18.6 Å². The van der Waals surface area contributed by atoms with Crippen molar-refractivity contribution in [3.8, 4) is 0 Å². The Hall–Kier alpha value is -0.753. The first kappa shape index (κ1) is 20.3. The molecule has 0 aliphatic heterocycles. The summed E-state index contributed by atoms with van der Waals surface area (Å²) in [6, 6.07) is 7.58. The van der Waals surface area contributed by atoms with E-state index >= 15 is 0 Å². The van der Waals surface area contributed by atoms with Gasteiger partial charge < -0.3 is 13.3 Å². The molecule has 0 unspecified atom stereocenters. The van der Waals surface area contributed by atoms with Gasteiger partial charge in [-0.3, -0.25) is 0 Å². The van der Waals surface area contributed by atoms with Crippen LogP contribution in [0.5, 0.6) is 0 Å². The van der Waals surface area contributed by atoms with Crippen LogP contribution in [0, 0.1) is 5.82 Å². The Morgan fingerprint density at radius 1 is 0.913 bits per heavy atom. The molecule has 0 amide bonds. The first-order valence-electron chi connectivity index (χ1n) is 8.52. The molecule has 1 rings (SSSR count). The van der Waals surface area contributed by atoms with Crippen molar-refractivity contribution in [1.29, 1.82) is 0 Å². The maximum Gasteiger partial charge on any atom is 0.501 e. The topological polar surface area (TPSA) is 27.7 Å². The lowest BCUT2D eigenvalue weighted by atomic mass is 10.1. The van der Waals surface area contributed by atoms with Gasteiger partial charge in [-0.25, -0.2) is 4.39 Å². The molecule has 0 bridgehead atoms. The first-order chi connectivity index (χ1) is 10.9. The van der Waals surface area contributed by atoms with Crippen molar-refractivity contribution >= 4 is 8.80 Å². The van der Waals surface area contributed by atoms with Gasteiger partial charge in [0.05, 0.1) is 0 Å².